The summed E-state index contributed by atoms with van der Waals surface area (Å²) in [6.45, 7) is 4.56. The molecular weight excluding hydrogens is 268 g/mol. The lowest BCUT2D eigenvalue weighted by atomic mass is 9.86. The highest BCUT2D eigenvalue weighted by Gasteiger charge is 2.26. The molecule has 2 rings (SSSR count). The van der Waals surface area contributed by atoms with E-state index in [1.54, 1.807) is 6.92 Å². The molecule has 1 aliphatic rings. The van der Waals surface area contributed by atoms with Crippen molar-refractivity contribution in [2.24, 2.45) is 5.92 Å². The number of aryl methyl sites for hydroxylation is 1. The van der Waals surface area contributed by atoms with Crippen molar-refractivity contribution in [2.75, 3.05) is 6.54 Å². The molecule has 0 bridgehead atoms. The molecule has 0 spiro atoms. The molecule has 0 amide bonds. The van der Waals surface area contributed by atoms with Crippen molar-refractivity contribution >= 4 is 0 Å². The van der Waals surface area contributed by atoms with Crippen LogP contribution in [0.4, 0.5) is 8.78 Å². The standard InChI is InChI=1S/C18H27F2N/c1-3-10-21-18(14-8-6-4-5-7-9-14)15-12-16(19)13(2)11-17(15)20/h11-12,14,18,21H,3-10H2,1-2H3. The highest BCUT2D eigenvalue weighted by Crippen LogP contribution is 2.35. The summed E-state index contributed by atoms with van der Waals surface area (Å²) in [5.74, 6) is -0.161. The summed E-state index contributed by atoms with van der Waals surface area (Å²) < 4.78 is 28.3. The average Bonchev–Trinajstić information content (AvgIpc) is 2.74. The lowest BCUT2D eigenvalue weighted by Gasteiger charge is -2.28. The average molecular weight is 295 g/mol. The van der Waals surface area contributed by atoms with Crippen molar-refractivity contribution in [2.45, 2.75) is 64.8 Å². The van der Waals surface area contributed by atoms with Crippen LogP contribution in [0.1, 0.15) is 69.0 Å². The second kappa shape index (κ2) is 7.88. The van der Waals surface area contributed by atoms with Crippen LogP contribution in [-0.4, -0.2) is 6.54 Å². The van der Waals surface area contributed by atoms with E-state index in [1.807, 2.05) is 0 Å². The summed E-state index contributed by atoms with van der Waals surface area (Å²) in [6, 6.07) is 2.68. The molecule has 21 heavy (non-hydrogen) atoms. The quantitative estimate of drug-likeness (QED) is 0.728. The number of hydrogen-bond acceptors (Lipinski definition) is 1. The van der Waals surface area contributed by atoms with E-state index >= 15 is 0 Å². The third kappa shape index (κ3) is 4.26. The lowest BCUT2D eigenvalue weighted by molar-refractivity contribution is 0.317. The molecule has 0 radical (unpaired) electrons. The fraction of sp³-hybridized carbons (Fsp3) is 0.667. The second-order valence-electron chi connectivity index (χ2n) is 6.31. The Hall–Kier alpha value is -0.960. The minimum Gasteiger partial charge on any atom is -0.310 e. The number of rotatable bonds is 5. The van der Waals surface area contributed by atoms with Crippen LogP contribution in [0.3, 0.4) is 0 Å². The van der Waals surface area contributed by atoms with Crippen LogP contribution in [0, 0.1) is 24.5 Å². The van der Waals surface area contributed by atoms with Crippen molar-refractivity contribution < 1.29 is 8.78 Å². The van der Waals surface area contributed by atoms with Gasteiger partial charge in [0, 0.05) is 11.6 Å². The van der Waals surface area contributed by atoms with Gasteiger partial charge in [0.15, 0.2) is 0 Å². The molecule has 0 saturated heterocycles. The Morgan fingerprint density at radius 3 is 2.38 bits per heavy atom. The van der Waals surface area contributed by atoms with Gasteiger partial charge in [0.1, 0.15) is 11.6 Å². The Labute approximate surface area is 127 Å². The van der Waals surface area contributed by atoms with Gasteiger partial charge >= 0.3 is 0 Å². The first kappa shape index (κ1) is 16.4. The molecule has 1 saturated carbocycles. The maximum Gasteiger partial charge on any atom is 0.128 e. The van der Waals surface area contributed by atoms with Crippen LogP contribution < -0.4 is 5.32 Å². The van der Waals surface area contributed by atoms with Crippen molar-refractivity contribution in [3.63, 3.8) is 0 Å². The maximum atomic E-state index is 14.4. The number of benzene rings is 1. The van der Waals surface area contributed by atoms with Crippen LogP contribution in [0.25, 0.3) is 0 Å². The molecular formula is C18H27F2N. The maximum absolute atomic E-state index is 14.4. The largest absolute Gasteiger partial charge is 0.310 e. The van der Waals surface area contributed by atoms with E-state index in [1.165, 1.54) is 37.8 Å². The zero-order chi connectivity index (χ0) is 15.2. The molecule has 1 aromatic rings. The smallest absolute Gasteiger partial charge is 0.128 e. The molecule has 1 N–H and O–H groups in total. The third-order valence-corrected chi connectivity index (χ3v) is 4.60. The molecule has 1 nitrogen and oxygen atoms in total. The van der Waals surface area contributed by atoms with E-state index in [4.69, 9.17) is 0 Å². The number of hydrogen-bond donors (Lipinski definition) is 1. The zero-order valence-electron chi connectivity index (χ0n) is 13.2. The van der Waals surface area contributed by atoms with Gasteiger partial charge in [-0.05, 0) is 56.3 Å². The predicted molar refractivity (Wildman–Crippen MR) is 83.3 cm³/mol. The van der Waals surface area contributed by atoms with Gasteiger partial charge in [-0.15, -0.1) is 0 Å². The normalized spacial score (nSPS) is 18.5. The van der Waals surface area contributed by atoms with Crippen LogP contribution in [0.15, 0.2) is 12.1 Å². The van der Waals surface area contributed by atoms with Crippen LogP contribution in [-0.2, 0) is 0 Å². The van der Waals surface area contributed by atoms with Crippen LogP contribution >= 0.6 is 0 Å². The summed E-state index contributed by atoms with van der Waals surface area (Å²) in [5, 5.41) is 3.46. The van der Waals surface area contributed by atoms with Crippen LogP contribution in [0.2, 0.25) is 0 Å². The Bertz CT molecular complexity index is 451. The molecule has 3 heteroatoms. The summed E-state index contributed by atoms with van der Waals surface area (Å²) in [7, 11) is 0. The molecule has 0 heterocycles. The van der Waals surface area contributed by atoms with Gasteiger partial charge in [-0.2, -0.15) is 0 Å². The Morgan fingerprint density at radius 1 is 1.10 bits per heavy atom. The third-order valence-electron chi connectivity index (χ3n) is 4.60. The van der Waals surface area contributed by atoms with Gasteiger partial charge in [-0.1, -0.05) is 32.6 Å². The fourth-order valence-electron chi connectivity index (χ4n) is 3.37. The van der Waals surface area contributed by atoms with Gasteiger partial charge in [0.2, 0.25) is 0 Å². The molecule has 0 aliphatic heterocycles. The minimum atomic E-state index is -0.302. The Morgan fingerprint density at radius 2 is 1.76 bits per heavy atom. The van der Waals surface area contributed by atoms with Gasteiger partial charge in [0.05, 0.1) is 0 Å². The molecule has 1 atom stereocenters. The summed E-state index contributed by atoms with van der Waals surface area (Å²) in [5.41, 5.74) is 0.893. The molecule has 1 fully saturated rings. The van der Waals surface area contributed by atoms with Crippen molar-refractivity contribution in [3.05, 3.63) is 34.9 Å². The zero-order valence-corrected chi connectivity index (χ0v) is 13.2. The molecule has 118 valence electrons. The monoisotopic (exact) mass is 295 g/mol. The van der Waals surface area contributed by atoms with Crippen LogP contribution in [0.5, 0.6) is 0 Å². The van der Waals surface area contributed by atoms with Gasteiger partial charge in [0.25, 0.3) is 0 Å². The predicted octanol–water partition coefficient (Wildman–Crippen LogP) is 5.28. The van der Waals surface area contributed by atoms with E-state index in [0.717, 1.165) is 25.8 Å². The highest BCUT2D eigenvalue weighted by atomic mass is 19.1. The van der Waals surface area contributed by atoms with Gasteiger partial charge in [-0.3, -0.25) is 0 Å². The van der Waals surface area contributed by atoms with E-state index in [9.17, 15) is 8.78 Å². The van der Waals surface area contributed by atoms with E-state index < -0.39 is 0 Å². The molecule has 1 aromatic carbocycles. The van der Waals surface area contributed by atoms with E-state index in [2.05, 4.69) is 12.2 Å². The highest BCUT2D eigenvalue weighted by molar-refractivity contribution is 5.28. The van der Waals surface area contributed by atoms with Crippen molar-refractivity contribution in [3.8, 4) is 0 Å². The lowest BCUT2D eigenvalue weighted by Crippen LogP contribution is -2.30. The minimum absolute atomic E-state index is 0.0573. The first-order valence-corrected chi connectivity index (χ1v) is 8.32. The summed E-state index contributed by atoms with van der Waals surface area (Å²) in [4.78, 5) is 0. The van der Waals surface area contributed by atoms with Crippen molar-refractivity contribution in [1.82, 2.24) is 5.32 Å². The first-order valence-electron chi connectivity index (χ1n) is 8.32. The molecule has 0 aromatic heterocycles. The van der Waals surface area contributed by atoms with E-state index in [0.29, 0.717) is 17.0 Å². The van der Waals surface area contributed by atoms with Crippen molar-refractivity contribution in [1.29, 1.82) is 0 Å². The summed E-state index contributed by atoms with van der Waals surface area (Å²) >= 11 is 0. The van der Waals surface area contributed by atoms with E-state index in [-0.39, 0.29) is 17.7 Å². The SMILES string of the molecule is CCCNC(c1cc(F)c(C)cc1F)C1CCCCCC1. The van der Waals surface area contributed by atoms with Gasteiger partial charge < -0.3 is 5.32 Å². The first-order chi connectivity index (χ1) is 10.1. The molecule has 1 unspecified atom stereocenters. The molecule has 1 aliphatic carbocycles. The van der Waals surface area contributed by atoms with Gasteiger partial charge in [-0.25, -0.2) is 8.78 Å². The Balaban J connectivity index is 2.27. The Kier molecular flexibility index (Phi) is 6.16. The second-order valence-corrected chi connectivity index (χ2v) is 6.31. The topological polar surface area (TPSA) is 12.0 Å². The fourth-order valence-corrected chi connectivity index (χ4v) is 3.37. The summed E-state index contributed by atoms with van der Waals surface area (Å²) in [6.07, 6.45) is 8.14. The number of nitrogens with one attached hydrogen (secondary N) is 1. The number of halogens is 2.